The highest BCUT2D eigenvalue weighted by molar-refractivity contribution is 7.84. The fourth-order valence-corrected chi connectivity index (χ4v) is 4.79. The molecule has 0 unspecified atom stereocenters. The summed E-state index contributed by atoms with van der Waals surface area (Å²) in [6.07, 6.45) is 2.87. The largest absolute Gasteiger partial charge is 0.353 e. The van der Waals surface area contributed by atoms with Crippen molar-refractivity contribution in [1.82, 2.24) is 14.9 Å². The Kier molecular flexibility index (Phi) is 8.21. The SMILES string of the molecule is CC(C)(C)[S@](=O)N[C@H](Cc1cc(F)c(F)cc1F)C1CCN(C(=O)CC(=O)NC2CC2)CC1. The van der Waals surface area contributed by atoms with Gasteiger partial charge in [0.05, 0.1) is 15.7 Å². The summed E-state index contributed by atoms with van der Waals surface area (Å²) in [5.41, 5.74) is 0.00700. The van der Waals surface area contributed by atoms with Crippen LogP contribution in [0.1, 0.15) is 58.4 Å². The molecule has 1 aliphatic heterocycles. The zero-order valence-electron chi connectivity index (χ0n) is 19.3. The number of amides is 2. The quantitative estimate of drug-likeness (QED) is 0.437. The molecular formula is C23H32F3N3O3S. The van der Waals surface area contributed by atoms with Crippen LogP contribution in [0.4, 0.5) is 13.2 Å². The highest BCUT2D eigenvalue weighted by Gasteiger charge is 2.33. The van der Waals surface area contributed by atoms with Crippen molar-refractivity contribution < 1.29 is 27.0 Å². The number of halogens is 3. The third-order valence-corrected chi connectivity index (χ3v) is 7.69. The topological polar surface area (TPSA) is 78.5 Å². The smallest absolute Gasteiger partial charge is 0.232 e. The van der Waals surface area contributed by atoms with Gasteiger partial charge in [-0.05, 0) is 70.4 Å². The minimum atomic E-state index is -1.46. The van der Waals surface area contributed by atoms with Crippen molar-refractivity contribution in [3.8, 4) is 0 Å². The minimum absolute atomic E-state index is 0.00700. The van der Waals surface area contributed by atoms with Gasteiger partial charge in [0.1, 0.15) is 12.2 Å². The van der Waals surface area contributed by atoms with E-state index in [0.717, 1.165) is 18.9 Å². The number of carbonyl (C=O) groups excluding carboxylic acids is 2. The first-order valence-corrected chi connectivity index (χ1v) is 12.5. The first kappa shape index (κ1) is 25.7. The molecule has 1 aromatic rings. The molecule has 0 bridgehead atoms. The molecule has 0 spiro atoms. The summed E-state index contributed by atoms with van der Waals surface area (Å²) < 4.78 is 56.7. The Balaban J connectivity index is 1.65. The molecule has 6 nitrogen and oxygen atoms in total. The Morgan fingerprint density at radius 2 is 1.67 bits per heavy atom. The zero-order valence-corrected chi connectivity index (χ0v) is 20.1. The van der Waals surface area contributed by atoms with Gasteiger partial charge in [-0.15, -0.1) is 0 Å². The minimum Gasteiger partial charge on any atom is -0.353 e. The fourth-order valence-electron chi connectivity index (χ4n) is 3.88. The van der Waals surface area contributed by atoms with E-state index in [9.17, 15) is 27.0 Å². The number of nitrogens with one attached hydrogen (secondary N) is 2. The average Bonchev–Trinajstić information content (AvgIpc) is 3.54. The molecule has 1 aromatic carbocycles. The van der Waals surface area contributed by atoms with Gasteiger partial charge in [0, 0.05) is 31.2 Å². The number of carbonyl (C=O) groups is 2. The third-order valence-electron chi connectivity index (χ3n) is 6.06. The highest BCUT2D eigenvalue weighted by Crippen LogP contribution is 2.27. The number of hydrogen-bond donors (Lipinski definition) is 2. The molecule has 2 atom stereocenters. The molecular weight excluding hydrogens is 455 g/mol. The van der Waals surface area contributed by atoms with E-state index in [1.807, 2.05) is 0 Å². The lowest BCUT2D eigenvalue weighted by atomic mass is 9.86. The second-order valence-electron chi connectivity index (χ2n) is 9.90. The fraction of sp³-hybridized carbons (Fsp3) is 0.652. The summed E-state index contributed by atoms with van der Waals surface area (Å²) in [5, 5.41) is 2.80. The van der Waals surface area contributed by atoms with E-state index < -0.39 is 39.2 Å². The van der Waals surface area contributed by atoms with Crippen LogP contribution in [0, 0.1) is 23.4 Å². The summed E-state index contributed by atoms with van der Waals surface area (Å²) in [6.45, 7) is 6.25. The molecule has 1 aliphatic carbocycles. The normalized spacial score (nSPS) is 19.3. The highest BCUT2D eigenvalue weighted by atomic mass is 32.2. The Hall–Kier alpha value is -1.94. The van der Waals surface area contributed by atoms with Crippen molar-refractivity contribution in [1.29, 1.82) is 0 Å². The molecule has 1 heterocycles. The van der Waals surface area contributed by atoms with Crippen LogP contribution < -0.4 is 10.0 Å². The van der Waals surface area contributed by atoms with Gasteiger partial charge in [-0.25, -0.2) is 22.1 Å². The van der Waals surface area contributed by atoms with Gasteiger partial charge >= 0.3 is 0 Å². The summed E-state index contributed by atoms with van der Waals surface area (Å²) >= 11 is 0. The number of rotatable bonds is 8. The number of likely N-dealkylation sites (tertiary alicyclic amines) is 1. The maximum atomic E-state index is 14.3. The Morgan fingerprint density at radius 1 is 1.06 bits per heavy atom. The molecule has 1 saturated heterocycles. The third kappa shape index (κ3) is 7.27. The molecule has 33 heavy (non-hydrogen) atoms. The predicted octanol–water partition coefficient (Wildman–Crippen LogP) is 2.97. The molecule has 2 fully saturated rings. The second-order valence-corrected chi connectivity index (χ2v) is 11.9. The molecule has 2 aliphatic rings. The Morgan fingerprint density at radius 3 is 2.24 bits per heavy atom. The molecule has 1 saturated carbocycles. The first-order valence-electron chi connectivity index (χ1n) is 11.3. The van der Waals surface area contributed by atoms with Gasteiger partial charge in [0.15, 0.2) is 11.6 Å². The van der Waals surface area contributed by atoms with Crippen molar-refractivity contribution in [2.45, 2.75) is 76.1 Å². The van der Waals surface area contributed by atoms with E-state index >= 15 is 0 Å². The van der Waals surface area contributed by atoms with Crippen molar-refractivity contribution in [2.75, 3.05) is 13.1 Å². The lowest BCUT2D eigenvalue weighted by Crippen LogP contribution is -2.49. The van der Waals surface area contributed by atoms with Crippen molar-refractivity contribution in [3.05, 3.63) is 35.1 Å². The second kappa shape index (κ2) is 10.5. The van der Waals surface area contributed by atoms with Crippen molar-refractivity contribution in [2.24, 2.45) is 5.92 Å². The number of hydrogen-bond acceptors (Lipinski definition) is 3. The molecule has 3 rings (SSSR count). The lowest BCUT2D eigenvalue weighted by molar-refractivity contribution is -0.137. The maximum absolute atomic E-state index is 14.3. The zero-order chi connectivity index (χ0) is 24.3. The summed E-state index contributed by atoms with van der Waals surface area (Å²) in [4.78, 5) is 26.0. The van der Waals surface area contributed by atoms with Crippen LogP contribution in [0.25, 0.3) is 0 Å². The Bertz CT molecular complexity index is 910. The van der Waals surface area contributed by atoms with Crippen LogP contribution in [0.5, 0.6) is 0 Å². The van der Waals surface area contributed by atoms with Crippen LogP contribution in [-0.2, 0) is 27.0 Å². The van der Waals surface area contributed by atoms with E-state index in [4.69, 9.17) is 0 Å². The van der Waals surface area contributed by atoms with E-state index in [1.165, 1.54) is 0 Å². The molecule has 0 aromatic heterocycles. The van der Waals surface area contributed by atoms with Crippen molar-refractivity contribution in [3.63, 3.8) is 0 Å². The first-order chi connectivity index (χ1) is 15.4. The van der Waals surface area contributed by atoms with Gasteiger partial charge in [-0.1, -0.05) is 0 Å². The number of piperidine rings is 1. The maximum Gasteiger partial charge on any atom is 0.232 e. The standard InChI is InChI=1S/C23H32F3N3O3S/c1-23(2,3)33(32)28-20(11-15-10-18(25)19(26)12-17(15)24)14-6-8-29(9-7-14)22(31)13-21(30)27-16-4-5-16/h10,12,14,16,20,28H,4-9,11,13H2,1-3H3,(H,27,30)/t20-,33+/m1/s1. The van der Waals surface area contributed by atoms with Crippen LogP contribution >= 0.6 is 0 Å². The average molecular weight is 488 g/mol. The van der Waals surface area contributed by atoms with E-state index in [1.54, 1.807) is 25.7 Å². The van der Waals surface area contributed by atoms with Gasteiger partial charge in [0.2, 0.25) is 11.8 Å². The lowest BCUT2D eigenvalue weighted by Gasteiger charge is -2.37. The molecule has 2 N–H and O–H groups in total. The molecule has 184 valence electrons. The van der Waals surface area contributed by atoms with Crippen molar-refractivity contribution >= 4 is 22.8 Å². The summed E-state index contributed by atoms with van der Waals surface area (Å²) in [7, 11) is -1.46. The van der Waals surface area contributed by atoms with Crippen LogP contribution in [0.15, 0.2) is 12.1 Å². The van der Waals surface area contributed by atoms with Crippen LogP contribution in [0.3, 0.4) is 0 Å². The monoisotopic (exact) mass is 487 g/mol. The van der Waals surface area contributed by atoms with E-state index in [2.05, 4.69) is 10.0 Å². The van der Waals surface area contributed by atoms with Gasteiger partial charge in [-0.3, -0.25) is 9.59 Å². The van der Waals surface area contributed by atoms with E-state index in [-0.39, 0.29) is 42.2 Å². The van der Waals surface area contributed by atoms with Gasteiger partial charge in [-0.2, -0.15) is 0 Å². The van der Waals surface area contributed by atoms with Gasteiger partial charge < -0.3 is 10.2 Å². The summed E-state index contributed by atoms with van der Waals surface area (Å²) in [5.74, 6) is -3.80. The number of nitrogens with zero attached hydrogens (tertiary/aromatic N) is 1. The van der Waals surface area contributed by atoms with Crippen LogP contribution in [-0.4, -0.2) is 50.8 Å². The van der Waals surface area contributed by atoms with Gasteiger partial charge in [0.25, 0.3) is 0 Å². The molecule has 10 heteroatoms. The van der Waals surface area contributed by atoms with E-state index in [0.29, 0.717) is 32.0 Å². The molecule has 2 amide bonds. The predicted molar refractivity (Wildman–Crippen MR) is 120 cm³/mol. The van der Waals surface area contributed by atoms with Crippen LogP contribution in [0.2, 0.25) is 0 Å². The number of benzene rings is 1. The Labute approximate surface area is 195 Å². The summed E-state index contributed by atoms with van der Waals surface area (Å²) in [6, 6.07) is 1.11. The molecule has 0 radical (unpaired) electrons.